The summed E-state index contributed by atoms with van der Waals surface area (Å²) in [6.45, 7) is 3.54. The van der Waals surface area contributed by atoms with Crippen molar-refractivity contribution >= 4 is 56.4 Å². The molecule has 0 radical (unpaired) electrons. The summed E-state index contributed by atoms with van der Waals surface area (Å²) >= 11 is 16.3. The molecule has 0 bridgehead atoms. The maximum absolute atomic E-state index is 11.6. The Morgan fingerprint density at radius 1 is 1.35 bits per heavy atom. The van der Waals surface area contributed by atoms with Gasteiger partial charge in [0, 0.05) is 30.8 Å². The fraction of sp³-hybridized carbons (Fsp3) is 0.222. The minimum atomic E-state index is -0.122. The van der Waals surface area contributed by atoms with Gasteiger partial charge in [0.05, 0.1) is 16.4 Å². The summed E-state index contributed by atoms with van der Waals surface area (Å²) in [7, 11) is 1.66. The van der Waals surface area contributed by atoms with Crippen molar-refractivity contribution in [2.45, 2.75) is 20.5 Å². The van der Waals surface area contributed by atoms with Gasteiger partial charge in [0.15, 0.2) is 11.4 Å². The highest BCUT2D eigenvalue weighted by Gasteiger charge is 2.17. The van der Waals surface area contributed by atoms with Gasteiger partial charge < -0.3 is 9.64 Å². The number of anilines is 1. The predicted molar refractivity (Wildman–Crippen MR) is 108 cm³/mol. The number of rotatable bonds is 4. The summed E-state index contributed by atoms with van der Waals surface area (Å²) in [5, 5.41) is 0.867. The molecule has 136 valence electrons. The average Bonchev–Trinajstić information content (AvgIpc) is 2.89. The number of aromatic nitrogens is 2. The number of nitrogens with zero attached hydrogens (tertiary/aromatic N) is 3. The number of imidazole rings is 1. The van der Waals surface area contributed by atoms with Gasteiger partial charge >= 0.3 is 0 Å². The SMILES string of the molecule is CC(=O)N(C)c1ccc(Cl)c(COc2cccn3c(Br)c(C)nc23)c1Cl. The van der Waals surface area contributed by atoms with Gasteiger partial charge in [-0.25, -0.2) is 4.98 Å². The second-order valence-electron chi connectivity index (χ2n) is 5.78. The van der Waals surface area contributed by atoms with Crippen LogP contribution < -0.4 is 9.64 Å². The Morgan fingerprint density at radius 2 is 2.08 bits per heavy atom. The Labute approximate surface area is 169 Å². The van der Waals surface area contributed by atoms with Crippen LogP contribution >= 0.6 is 39.1 Å². The standard InChI is InChI=1S/C18H16BrCl2N3O2/c1-10-17(19)24-8-4-5-15(18(24)22-10)26-9-12-13(20)6-7-14(16(12)21)23(3)11(2)25/h4-8H,9H2,1-3H3. The van der Waals surface area contributed by atoms with Crippen LogP contribution in [0.1, 0.15) is 18.2 Å². The highest BCUT2D eigenvalue weighted by Crippen LogP contribution is 2.35. The summed E-state index contributed by atoms with van der Waals surface area (Å²) in [5.41, 5.74) is 2.76. The number of ether oxygens (including phenoxy) is 1. The van der Waals surface area contributed by atoms with E-state index < -0.39 is 0 Å². The van der Waals surface area contributed by atoms with Crippen LogP contribution in [0.25, 0.3) is 5.65 Å². The van der Waals surface area contributed by atoms with E-state index in [1.54, 1.807) is 19.2 Å². The van der Waals surface area contributed by atoms with E-state index in [4.69, 9.17) is 27.9 Å². The molecular formula is C18H16BrCl2N3O2. The van der Waals surface area contributed by atoms with E-state index in [9.17, 15) is 4.79 Å². The van der Waals surface area contributed by atoms with Gasteiger partial charge in [0.2, 0.25) is 5.91 Å². The van der Waals surface area contributed by atoms with Crippen LogP contribution in [0, 0.1) is 6.92 Å². The molecule has 0 unspecified atom stereocenters. The molecule has 0 spiro atoms. The number of benzene rings is 1. The molecule has 0 N–H and O–H groups in total. The number of amides is 1. The van der Waals surface area contributed by atoms with Gasteiger partial charge in [0.1, 0.15) is 11.2 Å². The summed E-state index contributed by atoms with van der Waals surface area (Å²) in [5.74, 6) is 0.488. The first-order chi connectivity index (χ1) is 12.3. The Hall–Kier alpha value is -1.76. The Kier molecular flexibility index (Phi) is 5.46. The lowest BCUT2D eigenvalue weighted by atomic mass is 10.2. The third-order valence-electron chi connectivity index (χ3n) is 4.09. The van der Waals surface area contributed by atoms with Crippen LogP contribution in [0.3, 0.4) is 0 Å². The minimum Gasteiger partial charge on any atom is -0.485 e. The van der Waals surface area contributed by atoms with Crippen molar-refractivity contribution in [3.8, 4) is 5.75 Å². The molecular weight excluding hydrogens is 441 g/mol. The van der Waals surface area contributed by atoms with Crippen molar-refractivity contribution in [2.24, 2.45) is 0 Å². The molecule has 0 aliphatic rings. The Morgan fingerprint density at radius 3 is 2.77 bits per heavy atom. The third-order valence-corrected chi connectivity index (χ3v) is 5.82. The molecule has 0 fully saturated rings. The first kappa shape index (κ1) is 19.0. The first-order valence-electron chi connectivity index (χ1n) is 7.78. The van der Waals surface area contributed by atoms with Gasteiger partial charge in [0.25, 0.3) is 0 Å². The Bertz CT molecular complexity index is 1000. The first-order valence-corrected chi connectivity index (χ1v) is 9.33. The fourth-order valence-electron chi connectivity index (χ4n) is 2.54. The minimum absolute atomic E-state index is 0.122. The van der Waals surface area contributed by atoms with Gasteiger partial charge in [-0.05, 0) is 47.1 Å². The van der Waals surface area contributed by atoms with Crippen molar-refractivity contribution in [3.05, 3.63) is 56.4 Å². The lowest BCUT2D eigenvalue weighted by Gasteiger charge is -2.19. The normalized spacial score (nSPS) is 11.0. The zero-order chi connectivity index (χ0) is 19.0. The molecule has 26 heavy (non-hydrogen) atoms. The molecule has 0 aliphatic carbocycles. The maximum Gasteiger partial charge on any atom is 0.223 e. The highest BCUT2D eigenvalue weighted by atomic mass is 79.9. The van der Waals surface area contributed by atoms with Gasteiger partial charge in [-0.15, -0.1) is 0 Å². The van der Waals surface area contributed by atoms with E-state index in [-0.39, 0.29) is 12.5 Å². The van der Waals surface area contributed by atoms with Crippen LogP contribution in [0.15, 0.2) is 35.1 Å². The maximum atomic E-state index is 11.6. The van der Waals surface area contributed by atoms with Crippen LogP contribution in [-0.4, -0.2) is 22.3 Å². The lowest BCUT2D eigenvalue weighted by Crippen LogP contribution is -2.23. The van der Waals surface area contributed by atoms with Crippen LogP contribution in [0.5, 0.6) is 5.75 Å². The fourth-order valence-corrected chi connectivity index (χ4v) is 3.52. The zero-order valence-electron chi connectivity index (χ0n) is 14.4. The van der Waals surface area contributed by atoms with Crippen LogP contribution in [0.4, 0.5) is 5.69 Å². The topological polar surface area (TPSA) is 46.8 Å². The van der Waals surface area contributed by atoms with Crippen molar-refractivity contribution < 1.29 is 9.53 Å². The number of carbonyl (C=O) groups excluding carboxylic acids is 1. The number of aryl methyl sites for hydroxylation is 1. The molecule has 3 aromatic rings. The summed E-state index contributed by atoms with van der Waals surface area (Å²) in [6.07, 6.45) is 1.90. The second-order valence-corrected chi connectivity index (χ2v) is 7.32. The second kappa shape index (κ2) is 7.47. The molecule has 2 heterocycles. The van der Waals surface area contributed by atoms with E-state index in [0.717, 1.165) is 10.3 Å². The summed E-state index contributed by atoms with van der Waals surface area (Å²) in [6, 6.07) is 7.13. The molecule has 1 aromatic carbocycles. The quantitative estimate of drug-likeness (QED) is 0.536. The largest absolute Gasteiger partial charge is 0.485 e. The lowest BCUT2D eigenvalue weighted by molar-refractivity contribution is -0.116. The smallest absolute Gasteiger partial charge is 0.223 e. The molecule has 1 amide bonds. The third kappa shape index (κ3) is 3.41. The number of halogens is 3. The molecule has 8 heteroatoms. The number of hydrogen-bond donors (Lipinski definition) is 0. The van der Waals surface area contributed by atoms with Gasteiger partial charge in [-0.3, -0.25) is 9.20 Å². The number of carbonyl (C=O) groups is 1. The molecule has 5 nitrogen and oxygen atoms in total. The highest BCUT2D eigenvalue weighted by molar-refractivity contribution is 9.10. The number of hydrogen-bond acceptors (Lipinski definition) is 3. The number of fused-ring (bicyclic) bond motifs is 1. The van der Waals surface area contributed by atoms with E-state index >= 15 is 0 Å². The number of pyridine rings is 1. The monoisotopic (exact) mass is 455 g/mol. The van der Waals surface area contributed by atoms with Gasteiger partial charge in [-0.1, -0.05) is 23.2 Å². The van der Waals surface area contributed by atoms with Gasteiger partial charge in [-0.2, -0.15) is 0 Å². The average molecular weight is 457 g/mol. The van der Waals surface area contributed by atoms with Crippen LogP contribution in [0.2, 0.25) is 10.0 Å². The van der Waals surface area contributed by atoms with E-state index in [1.807, 2.05) is 29.7 Å². The molecule has 0 saturated carbocycles. The van der Waals surface area contributed by atoms with Crippen molar-refractivity contribution in [1.29, 1.82) is 0 Å². The molecule has 2 aromatic heterocycles. The Balaban J connectivity index is 1.94. The van der Waals surface area contributed by atoms with Crippen molar-refractivity contribution in [1.82, 2.24) is 9.38 Å². The van der Waals surface area contributed by atoms with E-state index in [2.05, 4.69) is 20.9 Å². The molecule has 0 aliphatic heterocycles. The van der Waals surface area contributed by atoms with E-state index in [0.29, 0.717) is 32.7 Å². The summed E-state index contributed by atoms with van der Waals surface area (Å²) in [4.78, 5) is 17.6. The zero-order valence-corrected chi connectivity index (χ0v) is 17.5. The molecule has 0 saturated heterocycles. The summed E-state index contributed by atoms with van der Waals surface area (Å²) < 4.78 is 8.72. The predicted octanol–water partition coefficient (Wildman–Crippen LogP) is 5.27. The van der Waals surface area contributed by atoms with Crippen molar-refractivity contribution in [3.63, 3.8) is 0 Å². The van der Waals surface area contributed by atoms with Crippen LogP contribution in [-0.2, 0) is 11.4 Å². The van der Waals surface area contributed by atoms with E-state index in [1.165, 1.54) is 11.8 Å². The molecule has 3 rings (SSSR count). The van der Waals surface area contributed by atoms with Crippen molar-refractivity contribution in [2.75, 3.05) is 11.9 Å². The molecule has 0 atom stereocenters.